The molecule has 0 heterocycles. The fourth-order valence-electron chi connectivity index (χ4n) is 0.944. The van der Waals surface area contributed by atoms with Crippen molar-refractivity contribution in [3.8, 4) is 0 Å². The summed E-state index contributed by atoms with van der Waals surface area (Å²) in [6.45, 7) is 0. The van der Waals surface area contributed by atoms with E-state index >= 15 is 0 Å². The molecule has 0 radical (unpaired) electrons. The third-order valence-corrected chi connectivity index (χ3v) is 2.21. The van der Waals surface area contributed by atoms with Gasteiger partial charge in [0, 0.05) is 3.57 Å². The van der Waals surface area contributed by atoms with E-state index in [4.69, 9.17) is 5.11 Å². The quantitative estimate of drug-likeness (QED) is 0.528. The normalized spacial score (nSPS) is 9.86. The molecule has 5 heteroatoms. The lowest BCUT2D eigenvalue weighted by atomic mass is 10.1. The maximum Gasteiger partial charge on any atom is 0.311 e. The van der Waals surface area contributed by atoms with E-state index in [-0.39, 0.29) is 5.56 Å². The molecule has 0 fully saturated rings. The minimum Gasteiger partial charge on any atom is -0.481 e. The van der Waals surface area contributed by atoms with E-state index in [1.165, 1.54) is 12.1 Å². The first-order chi connectivity index (χ1) is 6.50. The van der Waals surface area contributed by atoms with Crippen LogP contribution < -0.4 is 0 Å². The fraction of sp³-hybridized carbons (Fsp3) is 0.111. The standard InChI is InChI=1S/C9H6FIO3/c10-7-2-1-5(11)3-6(7)8(12)4-9(13)14/h1-3H,4H2,(H,13,14). The summed E-state index contributed by atoms with van der Waals surface area (Å²) in [5.41, 5.74) is -0.167. The second-order valence-corrected chi connectivity index (χ2v) is 3.86. The predicted octanol–water partition coefficient (Wildman–Crippen LogP) is 2.09. The average Bonchev–Trinajstić information content (AvgIpc) is 2.08. The molecule has 0 atom stereocenters. The van der Waals surface area contributed by atoms with Gasteiger partial charge in [-0.25, -0.2) is 4.39 Å². The van der Waals surface area contributed by atoms with Gasteiger partial charge in [-0.15, -0.1) is 0 Å². The number of ketones is 1. The van der Waals surface area contributed by atoms with Gasteiger partial charge in [0.1, 0.15) is 12.2 Å². The smallest absolute Gasteiger partial charge is 0.311 e. The molecule has 0 unspecified atom stereocenters. The molecule has 0 aromatic heterocycles. The zero-order valence-electron chi connectivity index (χ0n) is 6.96. The zero-order valence-corrected chi connectivity index (χ0v) is 9.12. The van der Waals surface area contributed by atoms with Crippen molar-refractivity contribution in [1.29, 1.82) is 0 Å². The molecule has 1 aromatic rings. The average molecular weight is 308 g/mol. The minimum atomic E-state index is -1.26. The lowest BCUT2D eigenvalue weighted by Gasteiger charge is -2.00. The van der Waals surface area contributed by atoms with Crippen LogP contribution in [0, 0.1) is 9.39 Å². The second-order valence-electron chi connectivity index (χ2n) is 2.62. The SMILES string of the molecule is O=C(O)CC(=O)c1cc(I)ccc1F. The van der Waals surface area contributed by atoms with Gasteiger partial charge in [0.2, 0.25) is 0 Å². The lowest BCUT2D eigenvalue weighted by molar-refractivity contribution is -0.135. The van der Waals surface area contributed by atoms with Gasteiger partial charge in [0.15, 0.2) is 5.78 Å². The third-order valence-electron chi connectivity index (χ3n) is 1.54. The van der Waals surface area contributed by atoms with Crippen molar-refractivity contribution in [3.63, 3.8) is 0 Å². The molecule has 0 aliphatic rings. The number of carbonyl (C=O) groups excluding carboxylic acids is 1. The highest BCUT2D eigenvalue weighted by molar-refractivity contribution is 14.1. The van der Waals surface area contributed by atoms with Crippen molar-refractivity contribution in [2.24, 2.45) is 0 Å². The highest BCUT2D eigenvalue weighted by atomic mass is 127. The number of rotatable bonds is 3. The van der Waals surface area contributed by atoms with Gasteiger partial charge in [0.25, 0.3) is 0 Å². The molecule has 1 rings (SSSR count). The van der Waals surface area contributed by atoms with Crippen molar-refractivity contribution in [2.75, 3.05) is 0 Å². The first kappa shape index (κ1) is 11.1. The molecular formula is C9H6FIO3. The van der Waals surface area contributed by atoms with E-state index in [1.807, 2.05) is 22.6 Å². The summed E-state index contributed by atoms with van der Waals surface area (Å²) >= 11 is 1.92. The Hall–Kier alpha value is -0.980. The number of aliphatic carboxylic acids is 1. The van der Waals surface area contributed by atoms with Crippen LogP contribution in [0.2, 0.25) is 0 Å². The monoisotopic (exact) mass is 308 g/mol. The van der Waals surface area contributed by atoms with Crippen molar-refractivity contribution in [3.05, 3.63) is 33.1 Å². The lowest BCUT2D eigenvalue weighted by Crippen LogP contribution is -2.09. The summed E-state index contributed by atoms with van der Waals surface area (Å²) in [7, 11) is 0. The van der Waals surface area contributed by atoms with Gasteiger partial charge >= 0.3 is 5.97 Å². The maximum atomic E-state index is 13.1. The van der Waals surface area contributed by atoms with Crippen molar-refractivity contribution in [2.45, 2.75) is 6.42 Å². The van der Waals surface area contributed by atoms with Gasteiger partial charge in [0.05, 0.1) is 5.56 Å². The van der Waals surface area contributed by atoms with E-state index in [9.17, 15) is 14.0 Å². The number of hydrogen-bond acceptors (Lipinski definition) is 2. The number of carbonyl (C=O) groups is 2. The van der Waals surface area contributed by atoms with Crippen LogP contribution in [0.25, 0.3) is 0 Å². The Bertz CT molecular complexity index is 390. The topological polar surface area (TPSA) is 54.4 Å². The zero-order chi connectivity index (χ0) is 10.7. The van der Waals surface area contributed by atoms with Crippen molar-refractivity contribution < 1.29 is 19.1 Å². The van der Waals surface area contributed by atoms with Crippen LogP contribution in [0.4, 0.5) is 4.39 Å². The Morgan fingerprint density at radius 2 is 2.07 bits per heavy atom. The first-order valence-electron chi connectivity index (χ1n) is 3.70. The van der Waals surface area contributed by atoms with E-state index in [1.54, 1.807) is 0 Å². The third kappa shape index (κ3) is 2.76. The van der Waals surface area contributed by atoms with Crippen LogP contribution in [0.5, 0.6) is 0 Å². The first-order valence-corrected chi connectivity index (χ1v) is 4.78. The highest BCUT2D eigenvalue weighted by Crippen LogP contribution is 2.14. The number of hydrogen-bond donors (Lipinski definition) is 1. The molecule has 74 valence electrons. The number of carboxylic acids is 1. The van der Waals surface area contributed by atoms with Crippen LogP contribution in [-0.2, 0) is 4.79 Å². The predicted molar refractivity (Wildman–Crippen MR) is 55.7 cm³/mol. The van der Waals surface area contributed by atoms with Crippen LogP contribution in [-0.4, -0.2) is 16.9 Å². The van der Waals surface area contributed by atoms with Gasteiger partial charge < -0.3 is 5.11 Å². The maximum absolute atomic E-state index is 13.1. The Kier molecular flexibility index (Phi) is 3.56. The molecule has 0 saturated carbocycles. The van der Waals surface area contributed by atoms with E-state index < -0.39 is 24.0 Å². The second kappa shape index (κ2) is 4.50. The van der Waals surface area contributed by atoms with Gasteiger partial charge in [-0.05, 0) is 40.8 Å². The van der Waals surface area contributed by atoms with E-state index in [2.05, 4.69) is 0 Å². The Morgan fingerprint density at radius 3 is 2.64 bits per heavy atom. The highest BCUT2D eigenvalue weighted by Gasteiger charge is 2.14. The molecule has 0 spiro atoms. The molecule has 0 aliphatic carbocycles. The summed E-state index contributed by atoms with van der Waals surface area (Å²) in [5.74, 6) is -2.65. The molecule has 0 aliphatic heterocycles. The molecule has 0 saturated heterocycles. The van der Waals surface area contributed by atoms with Crippen molar-refractivity contribution in [1.82, 2.24) is 0 Å². The molecular weight excluding hydrogens is 302 g/mol. The Balaban J connectivity index is 3.00. The molecule has 14 heavy (non-hydrogen) atoms. The van der Waals surface area contributed by atoms with Crippen LogP contribution >= 0.6 is 22.6 Å². The molecule has 0 amide bonds. The van der Waals surface area contributed by atoms with Gasteiger partial charge in [-0.3, -0.25) is 9.59 Å². The van der Waals surface area contributed by atoms with E-state index in [0.717, 1.165) is 6.07 Å². The summed E-state index contributed by atoms with van der Waals surface area (Å²) in [6, 6.07) is 3.99. The minimum absolute atomic E-state index is 0.167. The molecule has 3 nitrogen and oxygen atoms in total. The van der Waals surface area contributed by atoms with Crippen LogP contribution in [0.3, 0.4) is 0 Å². The fourth-order valence-corrected chi connectivity index (χ4v) is 1.43. The number of carboxylic acid groups (broad SMARTS) is 1. The number of Topliss-reactive ketones (excluding diaryl/α,β-unsaturated/α-hetero) is 1. The summed E-state index contributed by atoms with van der Waals surface area (Å²) < 4.78 is 13.7. The molecule has 1 aromatic carbocycles. The largest absolute Gasteiger partial charge is 0.481 e. The van der Waals surface area contributed by atoms with Crippen LogP contribution in [0.15, 0.2) is 18.2 Å². The van der Waals surface area contributed by atoms with Crippen molar-refractivity contribution >= 4 is 34.3 Å². The summed E-state index contributed by atoms with van der Waals surface area (Å²) in [6.07, 6.45) is -0.684. The summed E-state index contributed by atoms with van der Waals surface area (Å²) in [5, 5.41) is 8.36. The van der Waals surface area contributed by atoms with Gasteiger partial charge in [-0.2, -0.15) is 0 Å². The molecule has 0 bridgehead atoms. The van der Waals surface area contributed by atoms with Crippen LogP contribution in [0.1, 0.15) is 16.8 Å². The van der Waals surface area contributed by atoms with Gasteiger partial charge in [-0.1, -0.05) is 0 Å². The Morgan fingerprint density at radius 1 is 1.43 bits per heavy atom. The Labute approximate surface area is 93.1 Å². The molecule has 1 N–H and O–H groups in total. The summed E-state index contributed by atoms with van der Waals surface area (Å²) in [4.78, 5) is 21.4. The van der Waals surface area contributed by atoms with E-state index in [0.29, 0.717) is 3.57 Å². The number of halogens is 2. The number of benzene rings is 1.